The molecule has 0 radical (unpaired) electrons. The average Bonchev–Trinajstić information content (AvgIpc) is 2.81. The van der Waals surface area contributed by atoms with Crippen LogP contribution in [-0.4, -0.2) is 22.7 Å². The van der Waals surface area contributed by atoms with E-state index in [0.29, 0.717) is 12.2 Å². The molecule has 1 saturated carbocycles. The van der Waals surface area contributed by atoms with E-state index in [1.807, 2.05) is 0 Å². The number of hydrogen-bond acceptors (Lipinski definition) is 5. The third-order valence-corrected chi connectivity index (χ3v) is 3.50. The van der Waals surface area contributed by atoms with E-state index >= 15 is 0 Å². The third-order valence-electron chi connectivity index (χ3n) is 3.50. The Balaban J connectivity index is 2.07. The first-order valence-corrected chi connectivity index (χ1v) is 6.22. The van der Waals surface area contributed by atoms with Crippen molar-refractivity contribution < 1.29 is 10.0 Å². The maximum atomic E-state index is 10.8. The van der Waals surface area contributed by atoms with Crippen LogP contribution in [0.5, 0.6) is 0 Å². The van der Waals surface area contributed by atoms with Crippen molar-refractivity contribution in [3.63, 3.8) is 0 Å². The summed E-state index contributed by atoms with van der Waals surface area (Å²) in [6.07, 6.45) is 2.51. The van der Waals surface area contributed by atoms with Crippen molar-refractivity contribution in [3.05, 3.63) is 33.9 Å². The van der Waals surface area contributed by atoms with E-state index < -0.39 is 4.92 Å². The molecule has 0 spiro atoms. The maximum absolute atomic E-state index is 10.8. The van der Waals surface area contributed by atoms with Crippen LogP contribution in [0.25, 0.3) is 0 Å². The highest BCUT2D eigenvalue weighted by Crippen LogP contribution is 2.27. The second kappa shape index (κ2) is 5.67. The van der Waals surface area contributed by atoms with Gasteiger partial charge >= 0.3 is 0 Å². The zero-order chi connectivity index (χ0) is 13.8. The Bertz CT molecular complexity index is 524. The number of hydrogen-bond donors (Lipinski definition) is 2. The summed E-state index contributed by atoms with van der Waals surface area (Å²) in [6.45, 7) is 0.588. The van der Waals surface area contributed by atoms with Crippen molar-refractivity contribution in [2.75, 3.05) is 11.9 Å². The molecular formula is C13H15N3O3. The Hall–Kier alpha value is -2.13. The molecule has 1 aliphatic carbocycles. The largest absolute Gasteiger partial charge is 0.393 e. The summed E-state index contributed by atoms with van der Waals surface area (Å²) in [5.74, 6) is 0.190. The normalized spacial score (nSPS) is 21.9. The topological polar surface area (TPSA) is 99.2 Å². The lowest BCUT2D eigenvalue weighted by Crippen LogP contribution is -2.21. The van der Waals surface area contributed by atoms with Crippen LogP contribution in [0.2, 0.25) is 0 Å². The first kappa shape index (κ1) is 13.3. The summed E-state index contributed by atoms with van der Waals surface area (Å²) < 4.78 is 0. The molecule has 0 aromatic heterocycles. The fraction of sp³-hybridized carbons (Fsp3) is 0.462. The van der Waals surface area contributed by atoms with E-state index in [-0.39, 0.29) is 23.3 Å². The molecule has 0 aliphatic heterocycles. The zero-order valence-electron chi connectivity index (χ0n) is 10.4. The lowest BCUT2D eigenvalue weighted by atomic mass is 10.1. The van der Waals surface area contributed by atoms with Gasteiger partial charge in [-0.1, -0.05) is 6.42 Å². The number of anilines is 1. The van der Waals surface area contributed by atoms with Gasteiger partial charge in [0.1, 0.15) is 11.6 Å². The highest BCUT2D eigenvalue weighted by Gasteiger charge is 2.25. The van der Waals surface area contributed by atoms with Gasteiger partial charge in [0.05, 0.1) is 11.0 Å². The predicted octanol–water partition coefficient (Wildman–Crippen LogP) is 2.04. The molecule has 1 aromatic carbocycles. The molecule has 1 aromatic rings. The number of rotatable bonds is 4. The van der Waals surface area contributed by atoms with E-state index in [4.69, 9.17) is 5.26 Å². The predicted molar refractivity (Wildman–Crippen MR) is 69.6 cm³/mol. The van der Waals surface area contributed by atoms with Crippen LogP contribution in [0, 0.1) is 27.4 Å². The van der Waals surface area contributed by atoms with E-state index in [1.54, 1.807) is 12.1 Å². The number of aliphatic hydroxyl groups excluding tert-OH is 1. The highest BCUT2D eigenvalue weighted by atomic mass is 16.6. The second-order valence-electron chi connectivity index (χ2n) is 4.74. The summed E-state index contributed by atoms with van der Waals surface area (Å²) in [7, 11) is 0. The number of nitrogens with zero attached hydrogens (tertiary/aromatic N) is 2. The lowest BCUT2D eigenvalue weighted by molar-refractivity contribution is -0.385. The minimum atomic E-state index is -0.561. The maximum Gasteiger partial charge on any atom is 0.289 e. The molecule has 2 atom stereocenters. The van der Waals surface area contributed by atoms with Crippen molar-refractivity contribution in [2.45, 2.75) is 25.4 Å². The van der Waals surface area contributed by atoms with Crippen molar-refractivity contribution in [1.29, 1.82) is 5.26 Å². The van der Waals surface area contributed by atoms with Crippen molar-refractivity contribution in [2.24, 2.45) is 5.92 Å². The number of nitrogens with one attached hydrogen (secondary N) is 1. The molecule has 2 rings (SSSR count). The standard InChI is InChI=1S/C13H15N3O3/c14-7-9-4-5-11(6-12(9)16(18)19)15-8-10-2-1-3-13(10)17/h4-6,10,13,15,17H,1-3,8H2. The van der Waals surface area contributed by atoms with Gasteiger partial charge in [-0.3, -0.25) is 10.1 Å². The third kappa shape index (κ3) is 3.01. The summed E-state index contributed by atoms with van der Waals surface area (Å²) in [5.41, 5.74) is 0.459. The molecule has 1 fully saturated rings. The molecule has 100 valence electrons. The van der Waals surface area contributed by atoms with Crippen molar-refractivity contribution in [3.8, 4) is 6.07 Å². The first-order chi connectivity index (χ1) is 9.11. The van der Waals surface area contributed by atoms with Crippen LogP contribution in [0.1, 0.15) is 24.8 Å². The Kier molecular flexibility index (Phi) is 3.97. The number of benzene rings is 1. The van der Waals surface area contributed by atoms with Gasteiger partial charge < -0.3 is 10.4 Å². The quantitative estimate of drug-likeness (QED) is 0.638. The number of nitro benzene ring substituents is 1. The Morgan fingerprint density at radius 1 is 1.53 bits per heavy atom. The SMILES string of the molecule is N#Cc1ccc(NCC2CCCC2O)cc1[N+](=O)[O-]. The highest BCUT2D eigenvalue weighted by molar-refractivity contribution is 5.59. The van der Waals surface area contributed by atoms with Gasteiger partial charge in [0.15, 0.2) is 0 Å². The van der Waals surface area contributed by atoms with Gasteiger partial charge in [0, 0.05) is 24.2 Å². The molecule has 6 heteroatoms. The molecule has 6 nitrogen and oxygen atoms in total. The fourth-order valence-corrected chi connectivity index (χ4v) is 2.39. The van der Waals surface area contributed by atoms with Gasteiger partial charge in [-0.05, 0) is 25.0 Å². The summed E-state index contributed by atoms with van der Waals surface area (Å²) in [6, 6.07) is 6.24. The van der Waals surface area contributed by atoms with E-state index in [9.17, 15) is 15.2 Å². The van der Waals surface area contributed by atoms with Crippen molar-refractivity contribution >= 4 is 11.4 Å². The number of nitro groups is 1. The van der Waals surface area contributed by atoms with Crippen LogP contribution in [-0.2, 0) is 0 Å². The molecule has 0 bridgehead atoms. The smallest absolute Gasteiger partial charge is 0.289 e. The molecule has 0 amide bonds. The van der Waals surface area contributed by atoms with Crippen LogP contribution < -0.4 is 5.32 Å². The van der Waals surface area contributed by atoms with E-state index in [2.05, 4.69) is 5.32 Å². The molecule has 2 unspecified atom stereocenters. The second-order valence-corrected chi connectivity index (χ2v) is 4.74. The van der Waals surface area contributed by atoms with Crippen LogP contribution in [0.15, 0.2) is 18.2 Å². The van der Waals surface area contributed by atoms with E-state index in [1.165, 1.54) is 12.1 Å². The molecular weight excluding hydrogens is 246 g/mol. The minimum absolute atomic E-state index is 0.0523. The molecule has 19 heavy (non-hydrogen) atoms. The molecule has 0 saturated heterocycles. The molecule has 1 aliphatic rings. The molecule has 0 heterocycles. The van der Waals surface area contributed by atoms with Gasteiger partial charge in [-0.15, -0.1) is 0 Å². The van der Waals surface area contributed by atoms with E-state index in [0.717, 1.165) is 19.3 Å². The summed E-state index contributed by atoms with van der Waals surface area (Å²) >= 11 is 0. The summed E-state index contributed by atoms with van der Waals surface area (Å²) in [4.78, 5) is 10.3. The lowest BCUT2D eigenvalue weighted by Gasteiger charge is -2.15. The van der Waals surface area contributed by atoms with Crippen LogP contribution in [0.4, 0.5) is 11.4 Å². The monoisotopic (exact) mass is 261 g/mol. The fourth-order valence-electron chi connectivity index (χ4n) is 2.39. The minimum Gasteiger partial charge on any atom is -0.393 e. The van der Waals surface area contributed by atoms with Crippen LogP contribution in [0.3, 0.4) is 0 Å². The Morgan fingerprint density at radius 2 is 2.32 bits per heavy atom. The summed E-state index contributed by atoms with van der Waals surface area (Å²) in [5, 5.41) is 32.4. The average molecular weight is 261 g/mol. The number of nitriles is 1. The molecule has 2 N–H and O–H groups in total. The Labute approximate surface area is 110 Å². The van der Waals surface area contributed by atoms with Gasteiger partial charge in [0.2, 0.25) is 0 Å². The van der Waals surface area contributed by atoms with Gasteiger partial charge in [-0.2, -0.15) is 5.26 Å². The van der Waals surface area contributed by atoms with Crippen molar-refractivity contribution in [1.82, 2.24) is 0 Å². The first-order valence-electron chi connectivity index (χ1n) is 6.22. The number of aliphatic hydroxyl groups is 1. The van der Waals surface area contributed by atoms with Gasteiger partial charge in [0.25, 0.3) is 5.69 Å². The zero-order valence-corrected chi connectivity index (χ0v) is 10.4. The Morgan fingerprint density at radius 3 is 2.89 bits per heavy atom. The van der Waals surface area contributed by atoms with Crippen LogP contribution >= 0.6 is 0 Å². The van der Waals surface area contributed by atoms with Gasteiger partial charge in [-0.25, -0.2) is 0 Å².